The summed E-state index contributed by atoms with van der Waals surface area (Å²) in [6.07, 6.45) is 1.75. The lowest BCUT2D eigenvalue weighted by Gasteiger charge is -2.28. The molecule has 8 nitrogen and oxygen atoms in total. The predicted octanol–water partition coefficient (Wildman–Crippen LogP) is 1.23. The lowest BCUT2D eigenvalue weighted by molar-refractivity contribution is -0.123. The monoisotopic (exact) mass is 371 g/mol. The fourth-order valence-electron chi connectivity index (χ4n) is 2.74. The van der Waals surface area contributed by atoms with Crippen LogP contribution < -0.4 is 20.3 Å². The van der Waals surface area contributed by atoms with E-state index in [0.717, 1.165) is 43.3 Å². The van der Waals surface area contributed by atoms with Crippen LogP contribution >= 0.6 is 0 Å². The largest absolute Gasteiger partial charge is 0.484 e. The lowest BCUT2D eigenvalue weighted by atomic mass is 10.2. The molecule has 144 valence electrons. The van der Waals surface area contributed by atoms with E-state index in [-0.39, 0.29) is 12.5 Å². The maximum absolute atomic E-state index is 11.9. The summed E-state index contributed by atoms with van der Waals surface area (Å²) in [4.78, 5) is 14.1. The quantitative estimate of drug-likeness (QED) is 0.675. The topological polar surface area (TPSA) is 88.6 Å². The Morgan fingerprint density at radius 3 is 2.89 bits per heavy atom. The van der Waals surface area contributed by atoms with Gasteiger partial charge in [-0.3, -0.25) is 4.79 Å². The highest BCUT2D eigenvalue weighted by Crippen LogP contribution is 2.17. The fraction of sp³-hybridized carbons (Fsp3) is 0.421. The van der Waals surface area contributed by atoms with Gasteiger partial charge in [0.25, 0.3) is 5.91 Å². The molecule has 0 spiro atoms. The van der Waals surface area contributed by atoms with Gasteiger partial charge in [0.1, 0.15) is 5.75 Å². The van der Waals surface area contributed by atoms with Crippen molar-refractivity contribution in [1.29, 1.82) is 0 Å². The average molecular weight is 371 g/mol. The van der Waals surface area contributed by atoms with Crippen molar-refractivity contribution < 1.29 is 14.3 Å². The standard InChI is InChI=1S/C19H25N5O3/c1-15-4-2-3-5-17(15)27-14-19(25)21-7-6-20-18-12-16(13-22-23-18)24-8-10-26-11-9-24/h2-5,12-13H,6-11,14H2,1H3,(H,20,23)(H,21,25). The number of carbonyl (C=O) groups is 1. The van der Waals surface area contributed by atoms with Crippen LogP contribution in [-0.2, 0) is 9.53 Å². The van der Waals surface area contributed by atoms with Crippen molar-refractivity contribution in [3.8, 4) is 5.75 Å². The van der Waals surface area contributed by atoms with Crippen molar-refractivity contribution in [3.63, 3.8) is 0 Å². The third-order valence-electron chi connectivity index (χ3n) is 4.22. The van der Waals surface area contributed by atoms with Gasteiger partial charge in [-0.15, -0.1) is 5.10 Å². The van der Waals surface area contributed by atoms with Crippen LogP contribution in [0.15, 0.2) is 36.5 Å². The highest BCUT2D eigenvalue weighted by atomic mass is 16.5. The smallest absolute Gasteiger partial charge is 0.258 e. The molecule has 1 amide bonds. The zero-order chi connectivity index (χ0) is 18.9. The third kappa shape index (κ3) is 5.82. The first-order valence-electron chi connectivity index (χ1n) is 9.07. The summed E-state index contributed by atoms with van der Waals surface area (Å²) in [6, 6.07) is 9.58. The van der Waals surface area contributed by atoms with E-state index < -0.39 is 0 Å². The van der Waals surface area contributed by atoms with Crippen LogP contribution in [0.1, 0.15) is 5.56 Å². The Labute approximate surface area is 158 Å². The summed E-state index contributed by atoms with van der Waals surface area (Å²) in [5, 5.41) is 14.1. The Morgan fingerprint density at radius 2 is 2.07 bits per heavy atom. The van der Waals surface area contributed by atoms with Gasteiger partial charge in [-0.25, -0.2) is 0 Å². The molecule has 8 heteroatoms. The molecule has 1 aliphatic heterocycles. The highest BCUT2D eigenvalue weighted by Gasteiger charge is 2.12. The third-order valence-corrected chi connectivity index (χ3v) is 4.22. The number of nitrogens with zero attached hydrogens (tertiary/aromatic N) is 3. The molecule has 0 atom stereocenters. The minimum atomic E-state index is -0.159. The number of hydrogen-bond acceptors (Lipinski definition) is 7. The Balaban J connectivity index is 1.37. The molecule has 0 saturated carbocycles. The molecule has 2 N–H and O–H groups in total. The summed E-state index contributed by atoms with van der Waals surface area (Å²) < 4.78 is 10.9. The van der Waals surface area contributed by atoms with Gasteiger partial charge >= 0.3 is 0 Å². The number of aromatic nitrogens is 2. The van der Waals surface area contributed by atoms with Gasteiger partial charge in [0.2, 0.25) is 0 Å². The van der Waals surface area contributed by atoms with Crippen LogP contribution in [0.5, 0.6) is 5.75 Å². The van der Waals surface area contributed by atoms with Crippen molar-refractivity contribution in [2.75, 3.05) is 56.2 Å². The Hall–Kier alpha value is -2.87. The molecule has 2 heterocycles. The van der Waals surface area contributed by atoms with Crippen LogP contribution in [0.2, 0.25) is 0 Å². The van der Waals surface area contributed by atoms with E-state index in [9.17, 15) is 4.79 Å². The molecule has 2 aromatic rings. The van der Waals surface area contributed by atoms with Crippen LogP contribution in [0.4, 0.5) is 11.5 Å². The summed E-state index contributed by atoms with van der Waals surface area (Å²) in [5.41, 5.74) is 2.03. The average Bonchev–Trinajstić information content (AvgIpc) is 2.71. The van der Waals surface area contributed by atoms with Crippen molar-refractivity contribution in [2.45, 2.75) is 6.92 Å². The van der Waals surface area contributed by atoms with E-state index in [1.807, 2.05) is 37.3 Å². The van der Waals surface area contributed by atoms with E-state index >= 15 is 0 Å². The second-order valence-corrected chi connectivity index (χ2v) is 6.23. The SMILES string of the molecule is Cc1ccccc1OCC(=O)NCCNc1cc(N2CCOCC2)cnn1. The number of benzene rings is 1. The number of aryl methyl sites for hydroxylation is 1. The number of rotatable bonds is 8. The molecule has 1 aliphatic rings. The molecular weight excluding hydrogens is 346 g/mol. The Morgan fingerprint density at radius 1 is 1.26 bits per heavy atom. The second-order valence-electron chi connectivity index (χ2n) is 6.23. The molecular formula is C19H25N5O3. The second kappa shape index (κ2) is 9.72. The molecule has 0 aliphatic carbocycles. The number of anilines is 2. The maximum atomic E-state index is 11.9. The van der Waals surface area contributed by atoms with Crippen LogP contribution in [-0.4, -0.2) is 62.1 Å². The minimum Gasteiger partial charge on any atom is -0.484 e. The number of carbonyl (C=O) groups excluding carboxylic acids is 1. The van der Waals surface area contributed by atoms with E-state index in [2.05, 4.69) is 25.7 Å². The Kier molecular flexibility index (Phi) is 6.81. The summed E-state index contributed by atoms with van der Waals surface area (Å²) in [7, 11) is 0. The van der Waals surface area contributed by atoms with E-state index in [0.29, 0.717) is 18.9 Å². The molecule has 1 aromatic heterocycles. The molecule has 1 fully saturated rings. The van der Waals surface area contributed by atoms with Crippen molar-refractivity contribution in [2.24, 2.45) is 0 Å². The maximum Gasteiger partial charge on any atom is 0.258 e. The van der Waals surface area contributed by atoms with Gasteiger partial charge < -0.3 is 25.0 Å². The zero-order valence-electron chi connectivity index (χ0n) is 15.5. The van der Waals surface area contributed by atoms with Gasteiger partial charge in [-0.2, -0.15) is 5.10 Å². The molecule has 1 saturated heterocycles. The van der Waals surface area contributed by atoms with Gasteiger partial charge in [0.05, 0.1) is 25.1 Å². The number of amides is 1. The summed E-state index contributed by atoms with van der Waals surface area (Å²) >= 11 is 0. The summed E-state index contributed by atoms with van der Waals surface area (Å²) in [6.45, 7) is 6.12. The normalized spacial score (nSPS) is 13.9. The number of para-hydroxylation sites is 1. The molecule has 0 radical (unpaired) electrons. The fourth-order valence-corrected chi connectivity index (χ4v) is 2.74. The molecule has 27 heavy (non-hydrogen) atoms. The first-order valence-corrected chi connectivity index (χ1v) is 9.07. The summed E-state index contributed by atoms with van der Waals surface area (Å²) in [5.74, 6) is 1.25. The number of ether oxygens (including phenoxy) is 2. The van der Waals surface area contributed by atoms with Crippen molar-refractivity contribution in [1.82, 2.24) is 15.5 Å². The van der Waals surface area contributed by atoms with Crippen molar-refractivity contribution in [3.05, 3.63) is 42.1 Å². The molecule has 0 unspecified atom stereocenters. The van der Waals surface area contributed by atoms with E-state index in [1.165, 1.54) is 0 Å². The number of morpholine rings is 1. The van der Waals surface area contributed by atoms with E-state index in [1.54, 1.807) is 6.20 Å². The highest BCUT2D eigenvalue weighted by molar-refractivity contribution is 5.77. The lowest BCUT2D eigenvalue weighted by Crippen LogP contribution is -2.36. The molecule has 1 aromatic carbocycles. The Bertz CT molecular complexity index is 750. The van der Waals surface area contributed by atoms with Crippen LogP contribution in [0, 0.1) is 6.92 Å². The molecule has 0 bridgehead atoms. The zero-order valence-corrected chi connectivity index (χ0v) is 15.5. The van der Waals surface area contributed by atoms with Gasteiger partial charge in [0, 0.05) is 32.2 Å². The van der Waals surface area contributed by atoms with Crippen molar-refractivity contribution >= 4 is 17.4 Å². The number of hydrogen-bond donors (Lipinski definition) is 2. The van der Waals surface area contributed by atoms with Crippen LogP contribution in [0.25, 0.3) is 0 Å². The first-order chi connectivity index (χ1) is 13.2. The van der Waals surface area contributed by atoms with Gasteiger partial charge in [-0.1, -0.05) is 18.2 Å². The molecule has 3 rings (SSSR count). The van der Waals surface area contributed by atoms with Gasteiger partial charge in [0.15, 0.2) is 12.4 Å². The van der Waals surface area contributed by atoms with Crippen LogP contribution in [0.3, 0.4) is 0 Å². The van der Waals surface area contributed by atoms with Gasteiger partial charge in [-0.05, 0) is 18.6 Å². The van der Waals surface area contributed by atoms with E-state index in [4.69, 9.17) is 9.47 Å². The number of nitrogens with one attached hydrogen (secondary N) is 2. The minimum absolute atomic E-state index is 0.00280. The first kappa shape index (κ1) is 18.9. The predicted molar refractivity (Wildman–Crippen MR) is 103 cm³/mol.